The Bertz CT molecular complexity index is 910. The third-order valence-corrected chi connectivity index (χ3v) is 4.77. The second kappa shape index (κ2) is 7.11. The van der Waals surface area contributed by atoms with E-state index in [1.54, 1.807) is 24.3 Å². The number of aromatic nitrogens is 3. The second-order valence-electron chi connectivity index (χ2n) is 4.97. The van der Waals surface area contributed by atoms with Crippen molar-refractivity contribution in [3.8, 4) is 11.6 Å². The minimum atomic E-state index is -0.580. The molecular formula is C15H12BrN5O3S. The Hall–Kier alpha value is -2.59. The van der Waals surface area contributed by atoms with Crippen LogP contribution in [0.5, 0.6) is 11.6 Å². The van der Waals surface area contributed by atoms with Crippen LogP contribution in [0, 0.1) is 24.0 Å². The molecule has 1 aromatic carbocycles. The third kappa shape index (κ3) is 3.91. The molecule has 0 atom stereocenters. The average molecular weight is 422 g/mol. The van der Waals surface area contributed by atoms with Gasteiger partial charge in [0.05, 0.1) is 10.6 Å². The molecular weight excluding hydrogens is 410 g/mol. The standard InChI is InChI=1S/C15H12BrN5O3S/c1-8-9(2)25-15(19-8)20-13-12(21(22)23)14(18-7-17-13)24-11-5-3-10(16)4-6-11/h3-7H,1-2H3,(H,17,18,19,20). The van der Waals surface area contributed by atoms with Gasteiger partial charge in [-0.15, -0.1) is 11.3 Å². The summed E-state index contributed by atoms with van der Waals surface area (Å²) in [6, 6.07) is 6.89. The molecule has 2 heterocycles. The Balaban J connectivity index is 1.96. The predicted octanol–water partition coefficient (Wildman–Crippen LogP) is 4.76. The Kier molecular flexibility index (Phi) is 4.91. The molecule has 0 saturated heterocycles. The van der Waals surface area contributed by atoms with E-state index in [1.807, 2.05) is 13.8 Å². The fourth-order valence-electron chi connectivity index (χ4n) is 1.94. The number of halogens is 1. The van der Waals surface area contributed by atoms with Gasteiger partial charge in [-0.25, -0.2) is 9.97 Å². The molecule has 25 heavy (non-hydrogen) atoms. The second-order valence-corrected chi connectivity index (χ2v) is 7.09. The molecule has 3 aromatic rings. The number of aryl methyl sites for hydroxylation is 2. The van der Waals surface area contributed by atoms with Crippen LogP contribution in [0.3, 0.4) is 0 Å². The highest BCUT2D eigenvalue weighted by Gasteiger charge is 2.26. The van der Waals surface area contributed by atoms with Crippen molar-refractivity contribution in [2.45, 2.75) is 13.8 Å². The number of benzene rings is 1. The molecule has 0 unspecified atom stereocenters. The van der Waals surface area contributed by atoms with E-state index in [1.165, 1.54) is 17.7 Å². The van der Waals surface area contributed by atoms with Crippen molar-refractivity contribution >= 4 is 43.9 Å². The summed E-state index contributed by atoms with van der Waals surface area (Å²) in [5.74, 6) is 0.313. The summed E-state index contributed by atoms with van der Waals surface area (Å²) in [4.78, 5) is 24.1. The van der Waals surface area contributed by atoms with Crippen LogP contribution in [-0.4, -0.2) is 19.9 Å². The Morgan fingerprint density at radius 1 is 1.24 bits per heavy atom. The molecule has 0 amide bonds. The van der Waals surface area contributed by atoms with E-state index >= 15 is 0 Å². The lowest BCUT2D eigenvalue weighted by molar-refractivity contribution is -0.385. The molecule has 0 fully saturated rings. The van der Waals surface area contributed by atoms with E-state index in [9.17, 15) is 10.1 Å². The first-order valence-corrected chi connectivity index (χ1v) is 8.69. The highest BCUT2D eigenvalue weighted by molar-refractivity contribution is 9.10. The van der Waals surface area contributed by atoms with Crippen LogP contribution >= 0.6 is 27.3 Å². The highest BCUT2D eigenvalue weighted by atomic mass is 79.9. The van der Waals surface area contributed by atoms with E-state index in [2.05, 4.69) is 36.2 Å². The van der Waals surface area contributed by atoms with Gasteiger partial charge in [-0.3, -0.25) is 10.1 Å². The van der Waals surface area contributed by atoms with Crippen LogP contribution in [0.4, 0.5) is 16.6 Å². The molecule has 10 heteroatoms. The predicted molar refractivity (Wildman–Crippen MR) is 97.8 cm³/mol. The number of anilines is 2. The summed E-state index contributed by atoms with van der Waals surface area (Å²) in [5.41, 5.74) is 0.506. The lowest BCUT2D eigenvalue weighted by atomic mass is 10.3. The maximum Gasteiger partial charge on any atom is 0.373 e. The summed E-state index contributed by atoms with van der Waals surface area (Å²) in [7, 11) is 0. The zero-order valence-corrected chi connectivity index (χ0v) is 15.6. The summed E-state index contributed by atoms with van der Waals surface area (Å²) in [6.45, 7) is 3.79. The molecule has 2 aromatic heterocycles. The van der Waals surface area contributed by atoms with Crippen molar-refractivity contribution < 1.29 is 9.66 Å². The summed E-state index contributed by atoms with van der Waals surface area (Å²) < 4.78 is 6.43. The van der Waals surface area contributed by atoms with E-state index in [0.717, 1.165) is 15.0 Å². The molecule has 0 aliphatic heterocycles. The van der Waals surface area contributed by atoms with Gasteiger partial charge in [0.2, 0.25) is 5.82 Å². The van der Waals surface area contributed by atoms with Crippen molar-refractivity contribution in [1.29, 1.82) is 0 Å². The van der Waals surface area contributed by atoms with Crippen LogP contribution in [0.15, 0.2) is 35.1 Å². The smallest absolute Gasteiger partial charge is 0.373 e. The van der Waals surface area contributed by atoms with Gasteiger partial charge in [0.15, 0.2) is 5.13 Å². The van der Waals surface area contributed by atoms with Gasteiger partial charge in [-0.2, -0.15) is 4.98 Å². The Morgan fingerprint density at radius 3 is 2.56 bits per heavy atom. The number of hydrogen-bond donors (Lipinski definition) is 1. The van der Waals surface area contributed by atoms with Crippen molar-refractivity contribution in [1.82, 2.24) is 15.0 Å². The third-order valence-electron chi connectivity index (χ3n) is 3.25. The van der Waals surface area contributed by atoms with Gasteiger partial charge in [0, 0.05) is 9.35 Å². The number of thiazole rings is 1. The van der Waals surface area contributed by atoms with E-state index in [-0.39, 0.29) is 17.4 Å². The van der Waals surface area contributed by atoms with Gasteiger partial charge in [0.25, 0.3) is 0 Å². The SMILES string of the molecule is Cc1nc(Nc2ncnc(Oc3ccc(Br)cc3)c2[N+](=O)[O-])sc1C. The topological polar surface area (TPSA) is 103 Å². The van der Waals surface area contributed by atoms with Gasteiger partial charge >= 0.3 is 11.6 Å². The number of nitrogens with one attached hydrogen (secondary N) is 1. The quantitative estimate of drug-likeness (QED) is 0.467. The minimum Gasteiger partial charge on any atom is -0.434 e. The average Bonchev–Trinajstić information content (AvgIpc) is 2.87. The number of hydrogen-bond acceptors (Lipinski definition) is 8. The van der Waals surface area contributed by atoms with Crippen molar-refractivity contribution in [3.63, 3.8) is 0 Å². The normalized spacial score (nSPS) is 10.5. The molecule has 0 aliphatic rings. The largest absolute Gasteiger partial charge is 0.434 e. The zero-order valence-electron chi connectivity index (χ0n) is 13.2. The lowest BCUT2D eigenvalue weighted by Crippen LogP contribution is -2.03. The van der Waals surface area contributed by atoms with E-state index in [4.69, 9.17) is 4.74 Å². The van der Waals surface area contributed by atoms with Crippen molar-refractivity contribution in [3.05, 3.63) is 55.8 Å². The number of rotatable bonds is 5. The first-order chi connectivity index (χ1) is 11.9. The number of nitro groups is 1. The molecule has 0 spiro atoms. The van der Waals surface area contributed by atoms with Gasteiger partial charge in [0.1, 0.15) is 12.1 Å². The molecule has 0 radical (unpaired) electrons. The van der Waals surface area contributed by atoms with E-state index < -0.39 is 4.92 Å². The summed E-state index contributed by atoms with van der Waals surface area (Å²) in [6.07, 6.45) is 1.21. The molecule has 0 bridgehead atoms. The van der Waals surface area contributed by atoms with Gasteiger partial charge in [-0.05, 0) is 38.1 Å². The maximum absolute atomic E-state index is 11.5. The first kappa shape index (κ1) is 17.2. The molecule has 0 aliphatic carbocycles. The Morgan fingerprint density at radius 2 is 1.96 bits per heavy atom. The number of nitrogens with zero attached hydrogens (tertiary/aromatic N) is 4. The van der Waals surface area contributed by atoms with E-state index in [0.29, 0.717) is 10.9 Å². The minimum absolute atomic E-state index is 0.0286. The van der Waals surface area contributed by atoms with Crippen LogP contribution in [-0.2, 0) is 0 Å². The summed E-state index contributed by atoms with van der Waals surface area (Å²) in [5, 5.41) is 14.9. The lowest BCUT2D eigenvalue weighted by Gasteiger charge is -2.08. The van der Waals surface area contributed by atoms with Gasteiger partial charge < -0.3 is 10.1 Å². The van der Waals surface area contributed by atoms with Gasteiger partial charge in [-0.1, -0.05) is 15.9 Å². The zero-order chi connectivity index (χ0) is 18.0. The molecule has 128 valence electrons. The molecule has 1 N–H and O–H groups in total. The number of ether oxygens (including phenoxy) is 1. The molecule has 8 nitrogen and oxygen atoms in total. The summed E-state index contributed by atoms with van der Waals surface area (Å²) >= 11 is 4.71. The Labute approximate surface area is 155 Å². The monoisotopic (exact) mass is 421 g/mol. The fourth-order valence-corrected chi connectivity index (χ4v) is 3.01. The molecule has 3 rings (SSSR count). The first-order valence-electron chi connectivity index (χ1n) is 7.08. The fraction of sp³-hybridized carbons (Fsp3) is 0.133. The highest BCUT2D eigenvalue weighted by Crippen LogP contribution is 2.36. The van der Waals surface area contributed by atoms with Crippen LogP contribution in [0.1, 0.15) is 10.6 Å². The van der Waals surface area contributed by atoms with Crippen LogP contribution in [0.2, 0.25) is 0 Å². The molecule has 0 saturated carbocycles. The van der Waals surface area contributed by atoms with Crippen molar-refractivity contribution in [2.24, 2.45) is 0 Å². The maximum atomic E-state index is 11.5. The van der Waals surface area contributed by atoms with Crippen LogP contribution < -0.4 is 10.1 Å². The van der Waals surface area contributed by atoms with Crippen LogP contribution in [0.25, 0.3) is 0 Å². The van der Waals surface area contributed by atoms with Crippen molar-refractivity contribution in [2.75, 3.05) is 5.32 Å².